The monoisotopic (exact) mass is 524 g/mol. The Balaban J connectivity index is 2.41. The molecule has 2 N–H and O–H groups in total. The number of carbonyl (C=O) groups is 1. The van der Waals surface area contributed by atoms with Crippen LogP contribution in [0.1, 0.15) is 130 Å². The molecule has 0 aromatic rings. The highest BCUT2D eigenvalue weighted by molar-refractivity contribution is 5.94. The van der Waals surface area contributed by atoms with Crippen molar-refractivity contribution >= 4 is 5.78 Å². The van der Waals surface area contributed by atoms with Crippen LogP contribution in [0.5, 0.6) is 0 Å². The van der Waals surface area contributed by atoms with Crippen LogP contribution in [0.4, 0.5) is 0 Å². The summed E-state index contributed by atoms with van der Waals surface area (Å²) in [6.07, 6.45) is 28.9. The van der Waals surface area contributed by atoms with Gasteiger partial charge in [-0.15, -0.1) is 0 Å². The van der Waals surface area contributed by atoms with Gasteiger partial charge in [-0.2, -0.15) is 0 Å². The number of ketones is 1. The smallest absolute Gasteiger partial charge is 0.155 e. The van der Waals surface area contributed by atoms with Crippen molar-refractivity contribution in [3.05, 3.63) is 46.6 Å². The molecule has 0 aromatic carbocycles. The minimum absolute atomic E-state index is 0.0549. The minimum atomic E-state index is -0.0549. The maximum Gasteiger partial charge on any atom is 0.155 e. The Labute approximate surface area is 236 Å². The van der Waals surface area contributed by atoms with Crippen molar-refractivity contribution in [1.82, 2.24) is 10.6 Å². The molecule has 2 aliphatic rings. The van der Waals surface area contributed by atoms with Crippen LogP contribution in [-0.4, -0.2) is 32.0 Å². The third kappa shape index (κ3) is 11.3. The number of nitrogens with one attached hydrogen (secondary N) is 2. The zero-order valence-electron chi connectivity index (χ0n) is 25.5. The maximum absolute atomic E-state index is 14.7. The van der Waals surface area contributed by atoms with Crippen molar-refractivity contribution in [3.63, 3.8) is 0 Å². The van der Waals surface area contributed by atoms with Gasteiger partial charge in [-0.25, -0.2) is 0 Å². The minimum Gasteiger partial charge on any atom is -0.309 e. The number of piperidine rings is 2. The van der Waals surface area contributed by atoms with E-state index in [1.165, 1.54) is 99.3 Å². The Morgan fingerprint density at radius 3 is 1.03 bits per heavy atom. The van der Waals surface area contributed by atoms with Crippen LogP contribution >= 0.6 is 0 Å². The maximum atomic E-state index is 14.7. The van der Waals surface area contributed by atoms with E-state index in [2.05, 4.69) is 62.6 Å². The molecule has 0 saturated carbocycles. The molecule has 0 bridgehead atoms. The molecule has 0 spiro atoms. The second-order valence-electron chi connectivity index (χ2n) is 11.6. The van der Waals surface area contributed by atoms with Crippen molar-refractivity contribution in [2.24, 2.45) is 11.8 Å². The number of rotatable bonds is 18. The molecule has 0 aromatic heterocycles. The molecule has 0 unspecified atom stereocenters. The van der Waals surface area contributed by atoms with Crippen LogP contribution < -0.4 is 10.6 Å². The molecular weight excluding hydrogens is 464 g/mol. The Morgan fingerprint density at radius 2 is 0.789 bits per heavy atom. The molecule has 3 nitrogen and oxygen atoms in total. The predicted molar refractivity (Wildman–Crippen MR) is 167 cm³/mol. The first kappa shape index (κ1) is 32.8. The largest absolute Gasteiger partial charge is 0.309 e. The van der Waals surface area contributed by atoms with Gasteiger partial charge in [0.05, 0.1) is 11.8 Å². The quantitative estimate of drug-likeness (QED) is 0.139. The van der Waals surface area contributed by atoms with Crippen LogP contribution in [0.2, 0.25) is 0 Å². The molecule has 2 heterocycles. The van der Waals surface area contributed by atoms with Crippen LogP contribution in [0.3, 0.4) is 0 Å². The highest BCUT2D eigenvalue weighted by Gasteiger charge is 2.38. The van der Waals surface area contributed by atoms with Crippen LogP contribution in [0.15, 0.2) is 46.6 Å². The van der Waals surface area contributed by atoms with Gasteiger partial charge in [0, 0.05) is 26.2 Å². The van der Waals surface area contributed by atoms with Gasteiger partial charge < -0.3 is 10.6 Å². The fourth-order valence-electron chi connectivity index (χ4n) is 5.97. The third-order valence-electron chi connectivity index (χ3n) is 8.23. The van der Waals surface area contributed by atoms with Crippen molar-refractivity contribution in [2.75, 3.05) is 26.2 Å². The van der Waals surface area contributed by atoms with Crippen LogP contribution in [0, 0.1) is 11.8 Å². The van der Waals surface area contributed by atoms with Crippen molar-refractivity contribution in [1.29, 1.82) is 0 Å². The third-order valence-corrected chi connectivity index (χ3v) is 8.23. The van der Waals surface area contributed by atoms with E-state index in [-0.39, 0.29) is 11.8 Å². The SMILES string of the molecule is CCCCCC=C1CNCC(=CCCCCC)C1C(=O)C1C(=CCCCCC)CNCC1=CCCCCC. The highest BCUT2D eigenvalue weighted by Crippen LogP contribution is 2.35. The molecule has 2 aliphatic heterocycles. The summed E-state index contributed by atoms with van der Waals surface area (Å²) in [5, 5.41) is 7.29. The molecule has 0 amide bonds. The first-order valence-corrected chi connectivity index (χ1v) is 16.4. The summed E-state index contributed by atoms with van der Waals surface area (Å²) in [6, 6.07) is 0. The van der Waals surface area contributed by atoms with Gasteiger partial charge >= 0.3 is 0 Å². The number of allylic oxidation sites excluding steroid dienone is 4. The predicted octanol–water partition coefficient (Wildman–Crippen LogP) is 9.02. The topological polar surface area (TPSA) is 41.1 Å². The van der Waals surface area contributed by atoms with E-state index >= 15 is 0 Å². The molecular formula is C35H60N2O. The second kappa shape index (κ2) is 20.5. The van der Waals surface area contributed by atoms with E-state index in [9.17, 15) is 4.79 Å². The van der Waals surface area contributed by atoms with Gasteiger partial charge in [-0.1, -0.05) is 103 Å². The second-order valence-corrected chi connectivity index (χ2v) is 11.6. The first-order chi connectivity index (χ1) is 18.7. The normalized spacial score (nSPS) is 24.6. The van der Waals surface area contributed by atoms with Crippen molar-refractivity contribution < 1.29 is 4.79 Å². The van der Waals surface area contributed by atoms with Crippen molar-refractivity contribution in [2.45, 2.75) is 130 Å². The molecule has 0 aliphatic carbocycles. The van der Waals surface area contributed by atoms with E-state index in [4.69, 9.17) is 0 Å². The average Bonchev–Trinajstić information content (AvgIpc) is 2.93. The van der Waals surface area contributed by atoms with Gasteiger partial charge in [0.2, 0.25) is 0 Å². The first-order valence-electron chi connectivity index (χ1n) is 16.4. The summed E-state index contributed by atoms with van der Waals surface area (Å²) < 4.78 is 0. The molecule has 216 valence electrons. The molecule has 2 rings (SSSR count). The van der Waals surface area contributed by atoms with Gasteiger partial charge in [0.1, 0.15) is 0 Å². The number of hydrogen-bond acceptors (Lipinski definition) is 3. The average molecular weight is 525 g/mol. The number of unbranched alkanes of at least 4 members (excludes halogenated alkanes) is 12. The van der Waals surface area contributed by atoms with E-state index in [0.29, 0.717) is 5.78 Å². The van der Waals surface area contributed by atoms with Gasteiger partial charge in [-0.05, 0) is 73.7 Å². The molecule has 3 heteroatoms. The lowest BCUT2D eigenvalue weighted by atomic mass is 9.72. The summed E-state index contributed by atoms with van der Waals surface area (Å²) in [4.78, 5) is 14.7. The van der Waals surface area contributed by atoms with Crippen LogP contribution in [0.25, 0.3) is 0 Å². The van der Waals surface area contributed by atoms with E-state index in [1.54, 1.807) is 0 Å². The lowest BCUT2D eigenvalue weighted by Gasteiger charge is -2.35. The van der Waals surface area contributed by atoms with Gasteiger partial charge in [0.25, 0.3) is 0 Å². The Morgan fingerprint density at radius 1 is 0.526 bits per heavy atom. The standard InChI is InChI=1S/C35H60N2O/c1-5-9-13-17-21-29-25-36-26-30(22-18-14-10-6-2)33(29)35(38)34-31(23-19-15-11-7-3)27-37-28-32(34)24-20-16-12-8-4/h21-24,33-34,36-37H,5-20,25-28H2,1-4H3. The summed E-state index contributed by atoms with van der Waals surface area (Å²) in [6.45, 7) is 12.5. The highest BCUT2D eigenvalue weighted by atomic mass is 16.1. The number of carbonyl (C=O) groups excluding carboxylic acids is 1. The fourth-order valence-corrected chi connectivity index (χ4v) is 5.97. The number of Topliss-reactive ketones (excluding diaryl/α,β-unsaturated/α-hetero) is 1. The van der Waals surface area contributed by atoms with Crippen molar-refractivity contribution in [3.8, 4) is 0 Å². The lowest BCUT2D eigenvalue weighted by Crippen LogP contribution is -2.43. The Kier molecular flexibility index (Phi) is 17.6. The molecule has 0 radical (unpaired) electrons. The van der Waals surface area contributed by atoms with E-state index in [1.807, 2.05) is 0 Å². The molecule has 2 fully saturated rings. The Bertz CT molecular complexity index is 668. The van der Waals surface area contributed by atoms with Gasteiger partial charge in [-0.3, -0.25) is 4.79 Å². The zero-order chi connectivity index (χ0) is 27.4. The lowest BCUT2D eigenvalue weighted by molar-refractivity contribution is -0.123. The van der Waals surface area contributed by atoms with E-state index in [0.717, 1.165) is 51.9 Å². The zero-order valence-corrected chi connectivity index (χ0v) is 25.5. The summed E-state index contributed by atoms with van der Waals surface area (Å²) in [5.74, 6) is 0.335. The Hall–Kier alpha value is -1.45. The molecule has 38 heavy (non-hydrogen) atoms. The van der Waals surface area contributed by atoms with Gasteiger partial charge in [0.15, 0.2) is 5.78 Å². The summed E-state index contributed by atoms with van der Waals surface area (Å²) in [5.41, 5.74) is 5.31. The fraction of sp³-hybridized carbons (Fsp3) is 0.743. The molecule has 2 saturated heterocycles. The van der Waals surface area contributed by atoms with Crippen LogP contribution in [-0.2, 0) is 4.79 Å². The van der Waals surface area contributed by atoms with E-state index < -0.39 is 0 Å². The summed E-state index contributed by atoms with van der Waals surface area (Å²) in [7, 11) is 0. The molecule has 0 atom stereocenters. The summed E-state index contributed by atoms with van der Waals surface area (Å²) >= 11 is 0. The number of hydrogen-bond donors (Lipinski definition) is 2.